The Morgan fingerprint density at radius 3 is 2.55 bits per heavy atom. The summed E-state index contributed by atoms with van der Waals surface area (Å²) in [5.41, 5.74) is 1.48. The summed E-state index contributed by atoms with van der Waals surface area (Å²) >= 11 is 6.16. The number of nitrogens with one attached hydrogen (secondary N) is 1. The summed E-state index contributed by atoms with van der Waals surface area (Å²) in [6, 6.07) is 14.3. The average molecular weight is 437 g/mol. The van der Waals surface area contributed by atoms with Crippen LogP contribution in [0.5, 0.6) is 0 Å². The molecule has 1 aliphatic heterocycles. The molecule has 0 spiro atoms. The van der Waals surface area contributed by atoms with Gasteiger partial charge in [-0.3, -0.25) is 4.79 Å². The summed E-state index contributed by atoms with van der Waals surface area (Å²) in [5, 5.41) is 3.04. The van der Waals surface area contributed by atoms with Crippen molar-refractivity contribution in [2.45, 2.75) is 30.7 Å². The Balaban J connectivity index is 1.68. The minimum atomic E-state index is -3.78. The van der Waals surface area contributed by atoms with E-state index in [1.165, 1.54) is 22.0 Å². The van der Waals surface area contributed by atoms with E-state index in [0.29, 0.717) is 13.2 Å². The molecule has 3 rings (SSSR count). The van der Waals surface area contributed by atoms with Gasteiger partial charge in [0.15, 0.2) is 0 Å². The molecule has 6 nitrogen and oxygen atoms in total. The number of hydrogen-bond acceptors (Lipinski definition) is 4. The number of sulfonamides is 1. The van der Waals surface area contributed by atoms with Crippen LogP contribution < -0.4 is 5.32 Å². The van der Waals surface area contributed by atoms with Crippen LogP contribution in [-0.2, 0) is 21.2 Å². The molecular formula is C21H25ClN2O4S. The van der Waals surface area contributed by atoms with Gasteiger partial charge in [-0.25, -0.2) is 8.42 Å². The molecule has 1 amide bonds. The normalized spacial score (nSPS) is 16.3. The summed E-state index contributed by atoms with van der Waals surface area (Å²) in [6.07, 6.45) is 1.63. The van der Waals surface area contributed by atoms with Gasteiger partial charge in [0.25, 0.3) is 5.91 Å². The lowest BCUT2D eigenvalue weighted by molar-refractivity contribution is 0.0730. The second-order valence-corrected chi connectivity index (χ2v) is 9.37. The highest BCUT2D eigenvalue weighted by atomic mass is 35.5. The van der Waals surface area contributed by atoms with E-state index < -0.39 is 10.0 Å². The smallest absolute Gasteiger partial charge is 0.251 e. The monoisotopic (exact) mass is 436 g/mol. The summed E-state index contributed by atoms with van der Waals surface area (Å²) in [4.78, 5) is 12.6. The Morgan fingerprint density at radius 1 is 1.17 bits per heavy atom. The second kappa shape index (κ2) is 9.71. The average Bonchev–Trinajstić information content (AvgIpc) is 2.73. The number of morpholine rings is 1. The van der Waals surface area contributed by atoms with Crippen LogP contribution in [0.1, 0.15) is 29.3 Å². The molecule has 2 aromatic rings. The third kappa shape index (κ3) is 5.57. The third-order valence-corrected chi connectivity index (χ3v) is 7.25. The van der Waals surface area contributed by atoms with Crippen molar-refractivity contribution in [3.8, 4) is 0 Å². The number of benzene rings is 2. The number of amides is 1. The third-order valence-electron chi connectivity index (χ3n) is 4.87. The first-order valence-corrected chi connectivity index (χ1v) is 11.4. The van der Waals surface area contributed by atoms with Gasteiger partial charge in [0.2, 0.25) is 10.0 Å². The maximum absolute atomic E-state index is 12.9. The van der Waals surface area contributed by atoms with Gasteiger partial charge in [0, 0.05) is 24.7 Å². The zero-order chi connectivity index (χ0) is 20.9. The van der Waals surface area contributed by atoms with E-state index in [4.69, 9.17) is 16.3 Å². The van der Waals surface area contributed by atoms with Gasteiger partial charge in [-0.1, -0.05) is 41.9 Å². The summed E-state index contributed by atoms with van der Waals surface area (Å²) in [7, 11) is -3.78. The number of aryl methyl sites for hydroxylation is 1. The fraction of sp³-hybridized carbons (Fsp3) is 0.381. The summed E-state index contributed by atoms with van der Waals surface area (Å²) < 4.78 is 32.4. The van der Waals surface area contributed by atoms with Crippen LogP contribution in [0.25, 0.3) is 0 Å². The van der Waals surface area contributed by atoms with Crippen molar-refractivity contribution in [3.05, 3.63) is 64.7 Å². The Morgan fingerprint density at radius 2 is 1.86 bits per heavy atom. The number of halogens is 1. The predicted octanol–water partition coefficient (Wildman–Crippen LogP) is 3.11. The van der Waals surface area contributed by atoms with Crippen LogP contribution in [0, 0.1) is 0 Å². The molecule has 1 saturated heterocycles. The SMILES string of the molecule is CC(CCc1ccccc1)NC(=O)c1ccc(Cl)c(S(=O)(=O)N2CCOCC2)c1. The Bertz CT molecular complexity index is 944. The lowest BCUT2D eigenvalue weighted by Gasteiger charge is -2.26. The molecule has 1 atom stereocenters. The van der Waals surface area contributed by atoms with Gasteiger partial charge in [-0.05, 0) is 43.5 Å². The Labute approximate surface area is 176 Å². The minimum Gasteiger partial charge on any atom is -0.379 e. The summed E-state index contributed by atoms with van der Waals surface area (Å²) in [6.45, 7) is 3.16. The molecular weight excluding hydrogens is 412 g/mol. The van der Waals surface area contributed by atoms with E-state index in [1.54, 1.807) is 6.07 Å². The molecule has 0 bridgehead atoms. The van der Waals surface area contributed by atoms with Crippen molar-refractivity contribution in [2.24, 2.45) is 0 Å². The maximum Gasteiger partial charge on any atom is 0.251 e. The Hall–Kier alpha value is -1.93. The van der Waals surface area contributed by atoms with Crippen LogP contribution >= 0.6 is 11.6 Å². The number of hydrogen-bond donors (Lipinski definition) is 1. The van der Waals surface area contributed by atoms with Crippen LogP contribution in [0.3, 0.4) is 0 Å². The quantitative estimate of drug-likeness (QED) is 0.723. The van der Waals surface area contributed by atoms with Crippen molar-refractivity contribution in [1.29, 1.82) is 0 Å². The highest BCUT2D eigenvalue weighted by Crippen LogP contribution is 2.26. The van der Waals surface area contributed by atoms with Crippen molar-refractivity contribution in [2.75, 3.05) is 26.3 Å². The molecule has 2 aromatic carbocycles. The van der Waals surface area contributed by atoms with E-state index in [9.17, 15) is 13.2 Å². The molecule has 8 heteroatoms. The lowest BCUT2D eigenvalue weighted by atomic mass is 10.1. The van der Waals surface area contributed by atoms with Crippen molar-refractivity contribution in [3.63, 3.8) is 0 Å². The molecule has 0 saturated carbocycles. The van der Waals surface area contributed by atoms with Gasteiger partial charge in [0.1, 0.15) is 4.90 Å². The standard InChI is InChI=1S/C21H25ClN2O4S/c1-16(7-8-17-5-3-2-4-6-17)23-21(25)18-9-10-19(22)20(15-18)29(26,27)24-11-13-28-14-12-24/h2-6,9-10,15-16H,7-8,11-14H2,1H3,(H,23,25). The highest BCUT2D eigenvalue weighted by molar-refractivity contribution is 7.89. The molecule has 156 valence electrons. The van der Waals surface area contributed by atoms with Crippen LogP contribution in [0.15, 0.2) is 53.4 Å². The first-order valence-electron chi connectivity index (χ1n) is 9.60. The number of nitrogens with zero attached hydrogens (tertiary/aromatic N) is 1. The number of carbonyl (C=O) groups excluding carboxylic acids is 1. The largest absolute Gasteiger partial charge is 0.379 e. The van der Waals surface area contributed by atoms with E-state index in [-0.39, 0.29) is 40.5 Å². The molecule has 0 aromatic heterocycles. The van der Waals surface area contributed by atoms with Crippen LogP contribution in [-0.4, -0.2) is 51.0 Å². The van der Waals surface area contributed by atoms with E-state index in [0.717, 1.165) is 12.8 Å². The lowest BCUT2D eigenvalue weighted by Crippen LogP contribution is -2.40. The molecule has 1 unspecified atom stereocenters. The maximum atomic E-state index is 12.9. The zero-order valence-electron chi connectivity index (χ0n) is 16.3. The predicted molar refractivity (Wildman–Crippen MR) is 113 cm³/mol. The molecule has 1 N–H and O–H groups in total. The number of carbonyl (C=O) groups is 1. The van der Waals surface area contributed by atoms with Gasteiger partial charge < -0.3 is 10.1 Å². The Kier molecular flexibility index (Phi) is 7.29. The van der Waals surface area contributed by atoms with Crippen LogP contribution in [0.4, 0.5) is 0 Å². The summed E-state index contributed by atoms with van der Waals surface area (Å²) in [5.74, 6) is -0.319. The molecule has 1 fully saturated rings. The molecule has 0 aliphatic carbocycles. The van der Waals surface area contributed by atoms with Crippen LogP contribution in [0.2, 0.25) is 5.02 Å². The van der Waals surface area contributed by atoms with Gasteiger partial charge >= 0.3 is 0 Å². The fourth-order valence-corrected chi connectivity index (χ4v) is 5.08. The van der Waals surface area contributed by atoms with Crippen molar-refractivity contribution in [1.82, 2.24) is 9.62 Å². The highest BCUT2D eigenvalue weighted by Gasteiger charge is 2.29. The fourth-order valence-electron chi connectivity index (χ4n) is 3.18. The first-order chi connectivity index (χ1) is 13.9. The van der Waals surface area contributed by atoms with Gasteiger partial charge in [-0.15, -0.1) is 0 Å². The number of ether oxygens (including phenoxy) is 1. The second-order valence-electron chi connectivity index (χ2n) is 7.06. The topological polar surface area (TPSA) is 75.7 Å². The molecule has 0 radical (unpaired) electrons. The molecule has 29 heavy (non-hydrogen) atoms. The van der Waals surface area contributed by atoms with Crippen molar-refractivity contribution < 1.29 is 17.9 Å². The number of rotatable bonds is 7. The van der Waals surface area contributed by atoms with E-state index in [1.807, 2.05) is 25.1 Å². The zero-order valence-corrected chi connectivity index (χ0v) is 17.9. The molecule has 1 aliphatic rings. The van der Waals surface area contributed by atoms with Gasteiger partial charge in [0.05, 0.1) is 18.2 Å². The van der Waals surface area contributed by atoms with E-state index >= 15 is 0 Å². The van der Waals surface area contributed by atoms with Crippen molar-refractivity contribution >= 4 is 27.5 Å². The first kappa shape index (κ1) is 21.8. The van der Waals surface area contributed by atoms with E-state index in [2.05, 4.69) is 17.4 Å². The minimum absolute atomic E-state index is 0.0503. The van der Waals surface area contributed by atoms with Gasteiger partial charge in [-0.2, -0.15) is 4.31 Å². The molecule has 1 heterocycles.